The van der Waals surface area contributed by atoms with Crippen molar-refractivity contribution < 1.29 is 0 Å². The van der Waals surface area contributed by atoms with Gasteiger partial charge in [0.05, 0.1) is 5.01 Å². The van der Waals surface area contributed by atoms with Gasteiger partial charge in [-0.05, 0) is 32.4 Å². The van der Waals surface area contributed by atoms with E-state index in [1.165, 1.54) is 28.5 Å². The van der Waals surface area contributed by atoms with Gasteiger partial charge in [-0.3, -0.25) is 4.99 Å². The fraction of sp³-hybridized carbons (Fsp3) is 0.714. The number of aromatic nitrogens is 1. The van der Waals surface area contributed by atoms with Crippen LogP contribution >= 0.6 is 47.1 Å². The predicted octanol–water partition coefficient (Wildman–Crippen LogP) is 3.06. The van der Waals surface area contributed by atoms with E-state index in [1.807, 2.05) is 13.2 Å². The number of aryl methyl sites for hydroxylation is 1. The zero-order valence-electron chi connectivity index (χ0n) is 12.9. The maximum Gasteiger partial charge on any atom is 0.191 e. The molecule has 1 aliphatic rings. The van der Waals surface area contributed by atoms with E-state index in [2.05, 4.69) is 46.2 Å². The van der Waals surface area contributed by atoms with Crippen molar-refractivity contribution in [1.82, 2.24) is 15.6 Å². The highest BCUT2D eigenvalue weighted by Crippen LogP contribution is 2.36. The summed E-state index contributed by atoms with van der Waals surface area (Å²) in [6, 6.07) is 0. The molecule has 2 heterocycles. The van der Waals surface area contributed by atoms with Crippen molar-refractivity contribution in [3.8, 4) is 0 Å². The van der Waals surface area contributed by atoms with E-state index in [0.717, 1.165) is 25.5 Å². The number of thioether (sulfide) groups is 1. The molecule has 2 rings (SSSR count). The van der Waals surface area contributed by atoms with Crippen LogP contribution in [0.15, 0.2) is 11.2 Å². The summed E-state index contributed by atoms with van der Waals surface area (Å²) in [5.74, 6) is 2.18. The first kappa shape index (κ1) is 19.0. The highest BCUT2D eigenvalue weighted by molar-refractivity contribution is 14.0. The smallest absolute Gasteiger partial charge is 0.191 e. The third kappa shape index (κ3) is 6.32. The van der Waals surface area contributed by atoms with Gasteiger partial charge < -0.3 is 10.6 Å². The predicted molar refractivity (Wildman–Crippen MR) is 105 cm³/mol. The third-order valence-electron chi connectivity index (χ3n) is 3.45. The summed E-state index contributed by atoms with van der Waals surface area (Å²) in [4.78, 5) is 9.93. The van der Waals surface area contributed by atoms with Crippen molar-refractivity contribution in [2.75, 3.05) is 25.9 Å². The molecule has 0 aromatic carbocycles. The van der Waals surface area contributed by atoms with Crippen LogP contribution in [0.4, 0.5) is 0 Å². The Kier molecular flexibility index (Phi) is 8.33. The summed E-state index contributed by atoms with van der Waals surface area (Å²) >= 11 is 3.83. The summed E-state index contributed by atoms with van der Waals surface area (Å²) in [6.45, 7) is 6.28. The number of guanidine groups is 1. The molecule has 1 aromatic heterocycles. The average Bonchev–Trinajstić information content (AvgIpc) is 3.03. The van der Waals surface area contributed by atoms with Crippen LogP contribution in [0.5, 0.6) is 0 Å². The summed E-state index contributed by atoms with van der Waals surface area (Å²) in [5.41, 5.74) is 0. The maximum absolute atomic E-state index is 4.37. The topological polar surface area (TPSA) is 49.3 Å². The van der Waals surface area contributed by atoms with Crippen LogP contribution in [0.2, 0.25) is 0 Å². The number of hydrogen-bond acceptors (Lipinski definition) is 4. The van der Waals surface area contributed by atoms with Gasteiger partial charge in [0.25, 0.3) is 0 Å². The van der Waals surface area contributed by atoms with Gasteiger partial charge in [-0.25, -0.2) is 4.98 Å². The Morgan fingerprint density at radius 2 is 2.29 bits per heavy atom. The van der Waals surface area contributed by atoms with Gasteiger partial charge >= 0.3 is 0 Å². The molecule has 120 valence electrons. The van der Waals surface area contributed by atoms with E-state index in [4.69, 9.17) is 0 Å². The number of aliphatic imine (C=N–C) groups is 1. The standard InChI is InChI=1S/C14H24N4S2.HI/c1-11-9-17-12(20-11)5-7-16-13(15-3)18-10-14(2)6-4-8-19-14;/h9H,4-8,10H2,1-3H3,(H2,15,16,18);1H. The van der Waals surface area contributed by atoms with Crippen LogP contribution < -0.4 is 10.6 Å². The lowest BCUT2D eigenvalue weighted by atomic mass is 10.1. The molecule has 21 heavy (non-hydrogen) atoms. The molecule has 2 N–H and O–H groups in total. The van der Waals surface area contributed by atoms with Gasteiger partial charge in [0, 0.05) is 42.4 Å². The van der Waals surface area contributed by atoms with Crippen LogP contribution in [0.25, 0.3) is 0 Å². The van der Waals surface area contributed by atoms with Gasteiger partial charge in [0.1, 0.15) is 0 Å². The molecule has 0 radical (unpaired) electrons. The van der Waals surface area contributed by atoms with Crippen LogP contribution in [-0.4, -0.2) is 41.6 Å². The normalized spacial score (nSPS) is 22.0. The Labute approximate surface area is 153 Å². The molecule has 4 nitrogen and oxygen atoms in total. The second-order valence-corrected chi connectivity index (χ2v) is 8.37. The monoisotopic (exact) mass is 440 g/mol. The van der Waals surface area contributed by atoms with Crippen LogP contribution in [-0.2, 0) is 6.42 Å². The number of nitrogens with zero attached hydrogens (tertiary/aromatic N) is 2. The highest BCUT2D eigenvalue weighted by Gasteiger charge is 2.29. The van der Waals surface area contributed by atoms with Crippen molar-refractivity contribution in [3.05, 3.63) is 16.1 Å². The molecule has 1 saturated heterocycles. The summed E-state index contributed by atoms with van der Waals surface area (Å²) in [6.07, 6.45) is 5.51. The van der Waals surface area contributed by atoms with Gasteiger partial charge in [-0.15, -0.1) is 35.3 Å². The fourth-order valence-electron chi connectivity index (χ4n) is 2.27. The molecule has 0 bridgehead atoms. The largest absolute Gasteiger partial charge is 0.356 e. The first-order valence-corrected chi connectivity index (χ1v) is 8.91. The summed E-state index contributed by atoms with van der Waals surface area (Å²) in [7, 11) is 1.83. The lowest BCUT2D eigenvalue weighted by Gasteiger charge is -2.24. The zero-order valence-corrected chi connectivity index (χ0v) is 16.9. The van der Waals surface area contributed by atoms with E-state index >= 15 is 0 Å². The van der Waals surface area contributed by atoms with Gasteiger partial charge in [-0.1, -0.05) is 0 Å². The zero-order chi connectivity index (χ0) is 14.4. The minimum Gasteiger partial charge on any atom is -0.356 e. The van der Waals surface area contributed by atoms with Crippen molar-refractivity contribution >= 4 is 53.0 Å². The van der Waals surface area contributed by atoms with Gasteiger partial charge in [0.15, 0.2) is 5.96 Å². The third-order valence-corrected chi connectivity index (χ3v) is 5.97. The fourth-order valence-corrected chi connectivity index (χ4v) is 4.30. The molecule has 0 amide bonds. The first-order chi connectivity index (χ1) is 9.61. The Hall–Kier alpha value is -0.0200. The lowest BCUT2D eigenvalue weighted by molar-refractivity contribution is 0.584. The van der Waals surface area contributed by atoms with Crippen LogP contribution in [0.1, 0.15) is 29.7 Å². The number of thiazole rings is 1. The summed E-state index contributed by atoms with van der Waals surface area (Å²) in [5, 5.41) is 7.99. The van der Waals surface area contributed by atoms with E-state index in [9.17, 15) is 0 Å². The van der Waals surface area contributed by atoms with Crippen molar-refractivity contribution in [2.45, 2.75) is 37.9 Å². The SMILES string of the molecule is CN=C(NCCc1ncc(C)s1)NCC1(C)CCCS1.I. The molecular formula is C14H25IN4S2. The second-order valence-electron chi connectivity index (χ2n) is 5.37. The minimum atomic E-state index is 0. The molecule has 1 unspecified atom stereocenters. The Bertz CT molecular complexity index is 456. The lowest BCUT2D eigenvalue weighted by Crippen LogP contribution is -2.44. The quantitative estimate of drug-likeness (QED) is 0.420. The maximum atomic E-state index is 4.37. The number of hydrogen-bond donors (Lipinski definition) is 2. The average molecular weight is 440 g/mol. The molecule has 1 atom stereocenters. The number of rotatable bonds is 5. The number of nitrogens with one attached hydrogen (secondary N) is 2. The molecule has 1 aromatic rings. The van der Waals surface area contributed by atoms with Crippen molar-refractivity contribution in [3.63, 3.8) is 0 Å². The van der Waals surface area contributed by atoms with E-state index in [1.54, 1.807) is 11.3 Å². The molecular weight excluding hydrogens is 415 g/mol. The Balaban J connectivity index is 0.00000220. The molecule has 0 aliphatic carbocycles. The van der Waals surface area contributed by atoms with Crippen LogP contribution in [0, 0.1) is 6.92 Å². The molecule has 0 saturated carbocycles. The van der Waals surface area contributed by atoms with E-state index in [0.29, 0.717) is 4.75 Å². The van der Waals surface area contributed by atoms with E-state index in [-0.39, 0.29) is 24.0 Å². The van der Waals surface area contributed by atoms with Crippen molar-refractivity contribution in [2.24, 2.45) is 4.99 Å². The molecule has 1 fully saturated rings. The highest BCUT2D eigenvalue weighted by atomic mass is 127. The number of halogens is 1. The van der Waals surface area contributed by atoms with Gasteiger partial charge in [-0.2, -0.15) is 11.8 Å². The van der Waals surface area contributed by atoms with Crippen LogP contribution in [0.3, 0.4) is 0 Å². The minimum absolute atomic E-state index is 0. The Morgan fingerprint density at radius 3 is 2.86 bits per heavy atom. The summed E-state index contributed by atoms with van der Waals surface area (Å²) < 4.78 is 0.365. The molecule has 0 spiro atoms. The Morgan fingerprint density at radius 1 is 1.48 bits per heavy atom. The second kappa shape index (κ2) is 9.19. The van der Waals surface area contributed by atoms with E-state index < -0.39 is 0 Å². The molecule has 7 heteroatoms. The van der Waals surface area contributed by atoms with Gasteiger partial charge in [0.2, 0.25) is 0 Å². The first-order valence-electron chi connectivity index (χ1n) is 7.11. The van der Waals surface area contributed by atoms with Crippen molar-refractivity contribution in [1.29, 1.82) is 0 Å². The molecule has 1 aliphatic heterocycles.